The van der Waals surface area contributed by atoms with E-state index in [9.17, 15) is 17.6 Å². The van der Waals surface area contributed by atoms with Crippen LogP contribution in [0.1, 0.15) is 17.7 Å². The molecule has 32 heavy (non-hydrogen) atoms. The van der Waals surface area contributed by atoms with Crippen molar-refractivity contribution in [2.75, 3.05) is 46.2 Å². The predicted molar refractivity (Wildman–Crippen MR) is 122 cm³/mol. The lowest BCUT2D eigenvalue weighted by Crippen LogP contribution is -2.51. The number of piperazine rings is 1. The standard InChI is InChI=1S/C22H27FN2O5S2/c1-16(17-4-6-18(23)7-5-17)31-15-22(26)24-10-12-25(13-11-24)32(27,28)19-8-9-20(29-2)21(14-19)30-3/h4-9,14,16H,10-13,15H2,1-3H3. The molecule has 1 amide bonds. The highest BCUT2D eigenvalue weighted by atomic mass is 32.2. The lowest BCUT2D eigenvalue weighted by molar-refractivity contribution is -0.129. The summed E-state index contributed by atoms with van der Waals surface area (Å²) in [6.45, 7) is 3.08. The highest BCUT2D eigenvalue weighted by molar-refractivity contribution is 8.00. The fourth-order valence-electron chi connectivity index (χ4n) is 3.42. The van der Waals surface area contributed by atoms with Gasteiger partial charge in [0.05, 0.1) is 24.9 Å². The van der Waals surface area contributed by atoms with Crippen LogP contribution >= 0.6 is 11.8 Å². The molecule has 1 aliphatic rings. The van der Waals surface area contributed by atoms with Gasteiger partial charge >= 0.3 is 0 Å². The van der Waals surface area contributed by atoms with Crippen LogP contribution in [0.5, 0.6) is 11.5 Å². The minimum atomic E-state index is -3.71. The van der Waals surface area contributed by atoms with Crippen molar-refractivity contribution in [2.45, 2.75) is 17.1 Å². The molecule has 0 saturated carbocycles. The highest BCUT2D eigenvalue weighted by Gasteiger charge is 2.31. The number of thioether (sulfide) groups is 1. The molecule has 1 aliphatic heterocycles. The van der Waals surface area contributed by atoms with Crippen molar-refractivity contribution >= 4 is 27.7 Å². The largest absolute Gasteiger partial charge is 0.493 e. The van der Waals surface area contributed by atoms with Crippen LogP contribution in [0.25, 0.3) is 0 Å². The molecule has 0 aliphatic carbocycles. The number of sulfonamides is 1. The molecule has 2 aromatic carbocycles. The van der Waals surface area contributed by atoms with Crippen molar-refractivity contribution in [2.24, 2.45) is 0 Å². The lowest BCUT2D eigenvalue weighted by Gasteiger charge is -2.34. The molecule has 2 aromatic rings. The van der Waals surface area contributed by atoms with Gasteiger partial charge in [-0.2, -0.15) is 4.31 Å². The van der Waals surface area contributed by atoms with Crippen LogP contribution < -0.4 is 9.47 Å². The number of hydrogen-bond acceptors (Lipinski definition) is 6. The van der Waals surface area contributed by atoms with Crippen molar-refractivity contribution < 1.29 is 27.1 Å². The number of methoxy groups -OCH3 is 2. The van der Waals surface area contributed by atoms with Gasteiger partial charge in [0, 0.05) is 37.5 Å². The van der Waals surface area contributed by atoms with E-state index in [0.29, 0.717) is 24.6 Å². The van der Waals surface area contributed by atoms with Gasteiger partial charge in [0.2, 0.25) is 15.9 Å². The highest BCUT2D eigenvalue weighted by Crippen LogP contribution is 2.31. The van der Waals surface area contributed by atoms with E-state index < -0.39 is 10.0 Å². The van der Waals surface area contributed by atoms with E-state index in [4.69, 9.17) is 9.47 Å². The molecule has 174 valence electrons. The first-order chi connectivity index (χ1) is 15.3. The van der Waals surface area contributed by atoms with E-state index in [1.54, 1.807) is 23.1 Å². The number of hydrogen-bond donors (Lipinski definition) is 0. The maximum atomic E-state index is 13.1. The van der Waals surface area contributed by atoms with Gasteiger partial charge in [0.1, 0.15) is 5.82 Å². The lowest BCUT2D eigenvalue weighted by atomic mass is 10.2. The quantitative estimate of drug-likeness (QED) is 0.575. The van der Waals surface area contributed by atoms with Crippen LogP contribution in [-0.2, 0) is 14.8 Å². The van der Waals surface area contributed by atoms with Crippen LogP contribution in [0.2, 0.25) is 0 Å². The van der Waals surface area contributed by atoms with Gasteiger partial charge in [-0.1, -0.05) is 12.1 Å². The Bertz CT molecular complexity index is 1040. The topological polar surface area (TPSA) is 76.2 Å². The maximum Gasteiger partial charge on any atom is 0.243 e. The van der Waals surface area contributed by atoms with Gasteiger partial charge in [0.25, 0.3) is 0 Å². The van der Waals surface area contributed by atoms with E-state index >= 15 is 0 Å². The zero-order valence-corrected chi connectivity index (χ0v) is 19.9. The summed E-state index contributed by atoms with van der Waals surface area (Å²) in [6, 6.07) is 10.7. The summed E-state index contributed by atoms with van der Waals surface area (Å²) >= 11 is 1.48. The average molecular weight is 483 g/mol. The van der Waals surface area contributed by atoms with Gasteiger partial charge < -0.3 is 14.4 Å². The summed E-state index contributed by atoms with van der Waals surface area (Å²) in [7, 11) is -0.771. The van der Waals surface area contributed by atoms with Crippen LogP contribution in [0, 0.1) is 5.82 Å². The van der Waals surface area contributed by atoms with Gasteiger partial charge in [-0.25, -0.2) is 12.8 Å². The first-order valence-electron chi connectivity index (χ1n) is 10.1. The van der Waals surface area contributed by atoms with E-state index in [-0.39, 0.29) is 40.7 Å². The molecule has 0 radical (unpaired) electrons. The molecule has 1 heterocycles. The first-order valence-corrected chi connectivity index (χ1v) is 12.6. The molecule has 0 aromatic heterocycles. The minimum absolute atomic E-state index is 0.0351. The van der Waals surface area contributed by atoms with E-state index in [1.807, 2.05) is 6.92 Å². The Morgan fingerprint density at radius 1 is 1.03 bits per heavy atom. The van der Waals surface area contributed by atoms with E-state index in [2.05, 4.69) is 0 Å². The second kappa shape index (κ2) is 10.5. The molecule has 10 heteroatoms. The number of carbonyl (C=O) groups excluding carboxylic acids is 1. The second-order valence-corrected chi connectivity index (χ2v) is 10.6. The molecule has 7 nitrogen and oxygen atoms in total. The van der Waals surface area contributed by atoms with Crippen molar-refractivity contribution in [1.29, 1.82) is 0 Å². The fraction of sp³-hybridized carbons (Fsp3) is 0.409. The van der Waals surface area contributed by atoms with Gasteiger partial charge in [-0.15, -0.1) is 11.8 Å². The van der Waals surface area contributed by atoms with Crippen molar-refractivity contribution in [1.82, 2.24) is 9.21 Å². The number of ether oxygens (including phenoxy) is 2. The summed E-state index contributed by atoms with van der Waals surface area (Å²) in [6.07, 6.45) is 0. The Morgan fingerprint density at radius 2 is 1.66 bits per heavy atom. The predicted octanol–water partition coefficient (Wildman–Crippen LogP) is 3.17. The smallest absolute Gasteiger partial charge is 0.243 e. The molecular formula is C22H27FN2O5S2. The summed E-state index contributed by atoms with van der Waals surface area (Å²) in [4.78, 5) is 14.4. The number of halogens is 1. The molecular weight excluding hydrogens is 455 g/mol. The van der Waals surface area contributed by atoms with Gasteiger partial charge in [0.15, 0.2) is 11.5 Å². The van der Waals surface area contributed by atoms with Crippen molar-refractivity contribution in [3.8, 4) is 11.5 Å². The van der Waals surface area contributed by atoms with Crippen LogP contribution in [0.15, 0.2) is 47.4 Å². The number of amides is 1. The minimum Gasteiger partial charge on any atom is -0.493 e. The van der Waals surface area contributed by atoms with E-state index in [1.165, 1.54) is 54.6 Å². The van der Waals surface area contributed by atoms with E-state index in [0.717, 1.165) is 5.56 Å². The zero-order chi connectivity index (χ0) is 23.3. The molecule has 1 unspecified atom stereocenters. The summed E-state index contributed by atoms with van der Waals surface area (Å²) in [5, 5.41) is 0.0475. The maximum absolute atomic E-state index is 13.1. The number of rotatable bonds is 8. The second-order valence-electron chi connectivity index (χ2n) is 7.31. The van der Waals surface area contributed by atoms with Gasteiger partial charge in [-0.3, -0.25) is 4.79 Å². The molecule has 3 rings (SSSR count). The Morgan fingerprint density at radius 3 is 2.25 bits per heavy atom. The average Bonchev–Trinajstić information content (AvgIpc) is 2.82. The Kier molecular flexibility index (Phi) is 8.02. The Labute approximate surface area is 192 Å². The SMILES string of the molecule is COc1ccc(S(=O)(=O)N2CCN(C(=O)CSC(C)c3ccc(F)cc3)CC2)cc1OC. The molecule has 0 spiro atoms. The van der Waals surface area contributed by atoms with Crippen molar-refractivity contribution in [3.63, 3.8) is 0 Å². The molecule has 1 saturated heterocycles. The third kappa shape index (κ3) is 5.54. The zero-order valence-electron chi connectivity index (χ0n) is 18.3. The molecule has 0 bridgehead atoms. The Hall–Kier alpha value is -2.30. The third-order valence-corrected chi connectivity index (χ3v) is 8.46. The van der Waals surface area contributed by atoms with Crippen LogP contribution in [0.4, 0.5) is 4.39 Å². The first kappa shape index (κ1) is 24.3. The molecule has 1 fully saturated rings. The van der Waals surface area contributed by atoms with Gasteiger partial charge in [-0.05, 0) is 36.8 Å². The normalized spacial score (nSPS) is 15.9. The summed E-state index contributed by atoms with van der Waals surface area (Å²) in [5.41, 5.74) is 0.954. The molecule has 1 atom stereocenters. The number of benzene rings is 2. The number of nitrogens with zero attached hydrogens (tertiary/aromatic N) is 2. The van der Waals surface area contributed by atoms with Crippen molar-refractivity contribution in [3.05, 3.63) is 53.8 Å². The summed E-state index contributed by atoms with van der Waals surface area (Å²) < 4.78 is 50.9. The summed E-state index contributed by atoms with van der Waals surface area (Å²) in [5.74, 6) is 0.750. The number of carbonyl (C=O) groups is 1. The molecule has 0 N–H and O–H groups in total. The third-order valence-electron chi connectivity index (χ3n) is 5.38. The Balaban J connectivity index is 1.55. The fourth-order valence-corrected chi connectivity index (χ4v) is 5.78. The van der Waals surface area contributed by atoms with Crippen LogP contribution in [-0.4, -0.2) is 69.7 Å². The van der Waals surface area contributed by atoms with Crippen LogP contribution in [0.3, 0.4) is 0 Å². The monoisotopic (exact) mass is 482 g/mol.